The van der Waals surface area contributed by atoms with Gasteiger partial charge in [0.2, 0.25) is 0 Å². The molecule has 1 amide bonds. The highest BCUT2D eigenvalue weighted by molar-refractivity contribution is 6.00. The molecule has 1 saturated heterocycles. The molecule has 27 heavy (non-hydrogen) atoms. The van der Waals surface area contributed by atoms with Crippen LogP contribution in [0.1, 0.15) is 17.8 Å². The SMILES string of the molecule is Cc1cc(NC2CCN(c3cc(C)nn3C)C2=O)nc(-c2cccnc2)n1. The van der Waals surface area contributed by atoms with Crippen molar-refractivity contribution in [2.24, 2.45) is 7.05 Å². The molecule has 1 fully saturated rings. The predicted molar refractivity (Wildman–Crippen MR) is 102 cm³/mol. The summed E-state index contributed by atoms with van der Waals surface area (Å²) < 4.78 is 1.74. The molecular formula is C19H21N7O. The minimum atomic E-state index is -0.323. The van der Waals surface area contributed by atoms with Gasteiger partial charge in [-0.25, -0.2) is 9.97 Å². The zero-order valence-electron chi connectivity index (χ0n) is 15.5. The molecule has 3 aromatic heterocycles. The Kier molecular flexibility index (Phi) is 4.31. The van der Waals surface area contributed by atoms with Gasteiger partial charge >= 0.3 is 0 Å². The Morgan fingerprint density at radius 2 is 2.04 bits per heavy atom. The summed E-state index contributed by atoms with van der Waals surface area (Å²) in [5.41, 5.74) is 2.56. The van der Waals surface area contributed by atoms with Gasteiger partial charge in [-0.3, -0.25) is 19.4 Å². The first kappa shape index (κ1) is 17.1. The second-order valence-corrected chi connectivity index (χ2v) is 6.70. The summed E-state index contributed by atoms with van der Waals surface area (Å²) in [6.07, 6.45) is 4.14. The summed E-state index contributed by atoms with van der Waals surface area (Å²) in [6.45, 7) is 4.48. The first-order valence-electron chi connectivity index (χ1n) is 8.86. The zero-order valence-corrected chi connectivity index (χ0v) is 15.5. The largest absolute Gasteiger partial charge is 0.358 e. The third kappa shape index (κ3) is 3.38. The lowest BCUT2D eigenvalue weighted by atomic mass is 10.2. The average Bonchev–Trinajstić information content (AvgIpc) is 3.17. The van der Waals surface area contributed by atoms with Crippen LogP contribution >= 0.6 is 0 Å². The molecule has 3 aromatic rings. The van der Waals surface area contributed by atoms with E-state index < -0.39 is 0 Å². The van der Waals surface area contributed by atoms with E-state index in [4.69, 9.17) is 0 Å². The number of hydrogen-bond donors (Lipinski definition) is 1. The van der Waals surface area contributed by atoms with E-state index in [1.165, 1.54) is 0 Å². The highest BCUT2D eigenvalue weighted by atomic mass is 16.2. The van der Waals surface area contributed by atoms with Crippen LogP contribution < -0.4 is 10.2 Å². The second kappa shape index (κ2) is 6.79. The standard InChI is InChI=1S/C19H21N7O/c1-12-9-16(23-18(21-12)14-5-4-7-20-11-14)22-15-6-8-26(19(15)27)17-10-13(2)24-25(17)3/h4-5,7,9-11,15H,6,8H2,1-3H3,(H,21,22,23). The Morgan fingerprint density at radius 3 is 2.74 bits per heavy atom. The van der Waals surface area contributed by atoms with E-state index in [9.17, 15) is 4.79 Å². The molecule has 4 rings (SSSR count). The van der Waals surface area contributed by atoms with Gasteiger partial charge in [-0.05, 0) is 32.4 Å². The number of nitrogens with one attached hydrogen (secondary N) is 1. The van der Waals surface area contributed by atoms with Crippen molar-refractivity contribution in [2.75, 3.05) is 16.8 Å². The normalized spacial score (nSPS) is 16.8. The van der Waals surface area contributed by atoms with E-state index in [-0.39, 0.29) is 11.9 Å². The van der Waals surface area contributed by atoms with Gasteiger partial charge < -0.3 is 5.32 Å². The van der Waals surface area contributed by atoms with Crippen LogP contribution in [0.25, 0.3) is 11.4 Å². The number of nitrogens with zero attached hydrogens (tertiary/aromatic N) is 6. The van der Waals surface area contributed by atoms with Crippen molar-refractivity contribution >= 4 is 17.5 Å². The highest BCUT2D eigenvalue weighted by Gasteiger charge is 2.34. The molecule has 4 heterocycles. The molecule has 1 aliphatic heterocycles. The fourth-order valence-electron chi connectivity index (χ4n) is 3.34. The maximum absolute atomic E-state index is 12.9. The number of amides is 1. The third-order valence-electron chi connectivity index (χ3n) is 4.56. The monoisotopic (exact) mass is 363 g/mol. The minimum absolute atomic E-state index is 0.0252. The molecule has 1 aliphatic rings. The quantitative estimate of drug-likeness (QED) is 0.764. The van der Waals surface area contributed by atoms with Crippen molar-refractivity contribution < 1.29 is 4.79 Å². The van der Waals surface area contributed by atoms with Crippen molar-refractivity contribution in [1.82, 2.24) is 24.7 Å². The Labute approximate surface area is 157 Å². The molecule has 8 heteroatoms. The van der Waals surface area contributed by atoms with Crippen LogP contribution in [0.2, 0.25) is 0 Å². The lowest BCUT2D eigenvalue weighted by Crippen LogP contribution is -2.34. The number of aryl methyl sites for hydroxylation is 3. The van der Waals surface area contributed by atoms with Crippen LogP contribution in [0.3, 0.4) is 0 Å². The molecular weight excluding hydrogens is 342 g/mol. The topological polar surface area (TPSA) is 88.8 Å². The van der Waals surface area contributed by atoms with Crippen molar-refractivity contribution in [1.29, 1.82) is 0 Å². The number of rotatable bonds is 4. The van der Waals surface area contributed by atoms with Gasteiger partial charge in [-0.1, -0.05) is 0 Å². The molecule has 0 bridgehead atoms. The van der Waals surface area contributed by atoms with Gasteiger partial charge in [0.1, 0.15) is 17.7 Å². The van der Waals surface area contributed by atoms with E-state index in [0.717, 1.165) is 22.8 Å². The molecule has 138 valence electrons. The van der Waals surface area contributed by atoms with Crippen LogP contribution in [0.4, 0.5) is 11.6 Å². The first-order chi connectivity index (χ1) is 13.0. The van der Waals surface area contributed by atoms with Crippen molar-refractivity contribution in [3.05, 3.63) is 48.0 Å². The number of anilines is 2. The van der Waals surface area contributed by atoms with E-state index in [1.807, 2.05) is 45.2 Å². The molecule has 0 radical (unpaired) electrons. The zero-order chi connectivity index (χ0) is 19.0. The van der Waals surface area contributed by atoms with Crippen LogP contribution in [-0.4, -0.2) is 43.2 Å². The molecule has 8 nitrogen and oxygen atoms in total. The Bertz CT molecular complexity index is 983. The van der Waals surface area contributed by atoms with Crippen LogP contribution in [0.5, 0.6) is 0 Å². The molecule has 1 N–H and O–H groups in total. The van der Waals surface area contributed by atoms with E-state index in [0.29, 0.717) is 24.6 Å². The molecule has 0 spiro atoms. The maximum atomic E-state index is 12.9. The lowest BCUT2D eigenvalue weighted by molar-refractivity contribution is -0.117. The molecule has 0 aromatic carbocycles. The number of aromatic nitrogens is 5. The van der Waals surface area contributed by atoms with Gasteiger partial charge in [0.15, 0.2) is 5.82 Å². The van der Waals surface area contributed by atoms with Crippen molar-refractivity contribution in [3.8, 4) is 11.4 Å². The number of pyridine rings is 1. The van der Waals surface area contributed by atoms with Gasteiger partial charge in [0.05, 0.1) is 5.69 Å². The van der Waals surface area contributed by atoms with E-state index in [1.54, 1.807) is 22.0 Å². The Morgan fingerprint density at radius 1 is 1.19 bits per heavy atom. The average molecular weight is 363 g/mol. The number of carbonyl (C=O) groups excluding carboxylic acids is 1. The number of hydrogen-bond acceptors (Lipinski definition) is 6. The summed E-state index contributed by atoms with van der Waals surface area (Å²) in [5.74, 6) is 2.08. The minimum Gasteiger partial charge on any atom is -0.358 e. The van der Waals surface area contributed by atoms with Gasteiger partial charge in [-0.2, -0.15) is 5.10 Å². The van der Waals surface area contributed by atoms with Gasteiger partial charge in [0.25, 0.3) is 5.91 Å². The van der Waals surface area contributed by atoms with Crippen LogP contribution in [-0.2, 0) is 11.8 Å². The third-order valence-corrected chi connectivity index (χ3v) is 4.56. The Balaban J connectivity index is 1.55. The van der Waals surface area contributed by atoms with E-state index in [2.05, 4.69) is 25.4 Å². The summed E-state index contributed by atoms with van der Waals surface area (Å²) in [4.78, 5) is 27.8. The number of carbonyl (C=O) groups is 1. The maximum Gasteiger partial charge on any atom is 0.250 e. The van der Waals surface area contributed by atoms with Crippen molar-refractivity contribution in [2.45, 2.75) is 26.3 Å². The summed E-state index contributed by atoms with van der Waals surface area (Å²) in [7, 11) is 1.85. The summed E-state index contributed by atoms with van der Waals surface area (Å²) in [6, 6.07) is 7.22. The van der Waals surface area contributed by atoms with Crippen molar-refractivity contribution in [3.63, 3.8) is 0 Å². The lowest BCUT2D eigenvalue weighted by Gasteiger charge is -2.17. The molecule has 1 atom stereocenters. The van der Waals surface area contributed by atoms with Gasteiger partial charge in [-0.15, -0.1) is 0 Å². The Hall–Kier alpha value is -3.29. The van der Waals surface area contributed by atoms with E-state index >= 15 is 0 Å². The highest BCUT2D eigenvalue weighted by Crippen LogP contribution is 2.24. The molecule has 0 aliphatic carbocycles. The second-order valence-electron chi connectivity index (χ2n) is 6.70. The fraction of sp³-hybridized carbons (Fsp3) is 0.316. The summed E-state index contributed by atoms with van der Waals surface area (Å²) in [5, 5.41) is 7.61. The summed E-state index contributed by atoms with van der Waals surface area (Å²) >= 11 is 0. The molecule has 0 saturated carbocycles. The fourth-order valence-corrected chi connectivity index (χ4v) is 3.34. The van der Waals surface area contributed by atoms with Crippen LogP contribution in [0.15, 0.2) is 36.7 Å². The van der Waals surface area contributed by atoms with Gasteiger partial charge in [0, 0.05) is 49.4 Å². The molecule has 1 unspecified atom stereocenters. The smallest absolute Gasteiger partial charge is 0.250 e. The predicted octanol–water partition coefficient (Wildman–Crippen LogP) is 2.11. The van der Waals surface area contributed by atoms with Crippen LogP contribution in [0, 0.1) is 13.8 Å². The first-order valence-corrected chi connectivity index (χ1v) is 8.86.